The summed E-state index contributed by atoms with van der Waals surface area (Å²) >= 11 is 3.40. The summed E-state index contributed by atoms with van der Waals surface area (Å²) < 4.78 is 28.4. The normalized spacial score (nSPS) is 17.8. The van der Waals surface area contributed by atoms with Crippen LogP contribution in [0.1, 0.15) is 31.7 Å². The number of nitrogens with zero attached hydrogens (tertiary/aromatic N) is 1. The maximum atomic E-state index is 12.4. The molecule has 0 atom stereocenters. The maximum Gasteiger partial charge on any atom is 0.240 e. The average molecular weight is 389 g/mol. The summed E-state index contributed by atoms with van der Waals surface area (Å²) in [5.74, 6) is 0.444. The van der Waals surface area contributed by atoms with Gasteiger partial charge in [-0.25, -0.2) is 13.1 Å². The molecule has 4 nitrogen and oxygen atoms in total. The Hall–Kier alpha value is -0.430. The Morgan fingerprint density at radius 1 is 1.32 bits per heavy atom. The number of aryl methyl sites for hydroxylation is 1. The minimum absolute atomic E-state index is 0.344. The highest BCUT2D eigenvalue weighted by Gasteiger charge is 2.21. The first-order valence-electron chi connectivity index (χ1n) is 7.90. The summed E-state index contributed by atoms with van der Waals surface area (Å²) in [4.78, 5) is 2.81. The van der Waals surface area contributed by atoms with E-state index in [-0.39, 0.29) is 0 Å². The molecule has 0 radical (unpaired) electrons. The molecule has 1 N–H and O–H groups in total. The van der Waals surface area contributed by atoms with Crippen molar-refractivity contribution in [1.82, 2.24) is 9.62 Å². The van der Waals surface area contributed by atoms with E-state index in [1.54, 1.807) is 18.2 Å². The van der Waals surface area contributed by atoms with Gasteiger partial charge >= 0.3 is 0 Å². The van der Waals surface area contributed by atoms with Crippen LogP contribution in [0.2, 0.25) is 0 Å². The van der Waals surface area contributed by atoms with Crippen LogP contribution in [0.25, 0.3) is 0 Å². The fraction of sp³-hybridized carbons (Fsp3) is 0.625. The maximum absolute atomic E-state index is 12.4. The Balaban J connectivity index is 1.89. The number of nitrogens with one attached hydrogen (secondary N) is 1. The SMILES string of the molecule is CCCN1CCC(CNS(=O)(=O)c2ccc(Br)c(C)c2)CC1. The zero-order chi connectivity index (χ0) is 16.2. The molecule has 22 heavy (non-hydrogen) atoms. The van der Waals surface area contributed by atoms with Gasteiger partial charge < -0.3 is 4.90 Å². The lowest BCUT2D eigenvalue weighted by Crippen LogP contribution is -2.38. The van der Waals surface area contributed by atoms with Gasteiger partial charge in [0.15, 0.2) is 0 Å². The third-order valence-electron chi connectivity index (χ3n) is 4.25. The first-order valence-corrected chi connectivity index (χ1v) is 10.2. The molecule has 1 aliphatic heterocycles. The average Bonchev–Trinajstić information content (AvgIpc) is 2.49. The van der Waals surface area contributed by atoms with Gasteiger partial charge in [0, 0.05) is 11.0 Å². The fourth-order valence-electron chi connectivity index (χ4n) is 2.83. The minimum atomic E-state index is -3.41. The molecule has 1 fully saturated rings. The van der Waals surface area contributed by atoms with E-state index >= 15 is 0 Å². The van der Waals surface area contributed by atoms with Gasteiger partial charge in [-0.2, -0.15) is 0 Å². The standard InChI is InChI=1S/C16H25BrN2O2S/c1-3-8-19-9-6-14(7-10-19)12-18-22(20,21)15-4-5-16(17)13(2)11-15/h4-5,11,14,18H,3,6-10,12H2,1-2H3. The number of likely N-dealkylation sites (tertiary alicyclic amines) is 1. The highest BCUT2D eigenvalue weighted by molar-refractivity contribution is 9.10. The Morgan fingerprint density at radius 2 is 2.00 bits per heavy atom. The molecule has 0 amide bonds. The lowest BCUT2D eigenvalue weighted by Gasteiger charge is -2.31. The van der Waals surface area contributed by atoms with E-state index in [1.165, 1.54) is 6.42 Å². The molecule has 1 aromatic rings. The molecule has 0 aromatic heterocycles. The molecule has 1 aliphatic rings. The van der Waals surface area contributed by atoms with Crippen molar-refractivity contribution in [3.8, 4) is 0 Å². The van der Waals surface area contributed by atoms with E-state index in [4.69, 9.17) is 0 Å². The second-order valence-electron chi connectivity index (χ2n) is 6.05. The quantitative estimate of drug-likeness (QED) is 0.813. The van der Waals surface area contributed by atoms with Gasteiger partial charge in [-0.1, -0.05) is 22.9 Å². The highest BCUT2D eigenvalue weighted by atomic mass is 79.9. The summed E-state index contributed by atoms with van der Waals surface area (Å²) in [5, 5.41) is 0. The van der Waals surface area contributed by atoms with Gasteiger partial charge in [-0.15, -0.1) is 0 Å². The summed E-state index contributed by atoms with van der Waals surface area (Å²) in [5.41, 5.74) is 0.927. The van der Waals surface area contributed by atoms with Crippen molar-refractivity contribution in [2.24, 2.45) is 5.92 Å². The van der Waals surface area contributed by atoms with Crippen molar-refractivity contribution < 1.29 is 8.42 Å². The highest BCUT2D eigenvalue weighted by Crippen LogP contribution is 2.21. The number of hydrogen-bond donors (Lipinski definition) is 1. The van der Waals surface area contributed by atoms with E-state index < -0.39 is 10.0 Å². The van der Waals surface area contributed by atoms with Crippen LogP contribution >= 0.6 is 15.9 Å². The van der Waals surface area contributed by atoms with Crippen molar-refractivity contribution in [2.75, 3.05) is 26.2 Å². The van der Waals surface area contributed by atoms with Crippen LogP contribution in [0.3, 0.4) is 0 Å². The Morgan fingerprint density at radius 3 is 2.59 bits per heavy atom. The molecule has 0 bridgehead atoms. The number of halogens is 1. The smallest absolute Gasteiger partial charge is 0.240 e. The molecule has 0 unspecified atom stereocenters. The molecular formula is C16H25BrN2O2S. The number of benzene rings is 1. The molecule has 0 spiro atoms. The monoisotopic (exact) mass is 388 g/mol. The predicted octanol–water partition coefficient (Wildman–Crippen LogP) is 3.16. The Kier molecular flexibility index (Phi) is 6.44. The van der Waals surface area contributed by atoms with Gasteiger partial charge in [0.25, 0.3) is 0 Å². The van der Waals surface area contributed by atoms with E-state index in [2.05, 4.69) is 32.5 Å². The topological polar surface area (TPSA) is 49.4 Å². The number of hydrogen-bond acceptors (Lipinski definition) is 3. The lowest BCUT2D eigenvalue weighted by atomic mass is 9.97. The lowest BCUT2D eigenvalue weighted by molar-refractivity contribution is 0.186. The Labute approximate surface area is 142 Å². The van der Waals surface area contributed by atoms with Crippen molar-refractivity contribution in [2.45, 2.75) is 38.0 Å². The van der Waals surface area contributed by atoms with Crippen LogP contribution in [-0.4, -0.2) is 39.5 Å². The molecular weight excluding hydrogens is 364 g/mol. The summed E-state index contributed by atoms with van der Waals surface area (Å²) in [6, 6.07) is 5.13. The van der Waals surface area contributed by atoms with Gasteiger partial charge in [0.2, 0.25) is 10.0 Å². The zero-order valence-corrected chi connectivity index (χ0v) is 15.7. The summed E-state index contributed by atoms with van der Waals surface area (Å²) in [6.07, 6.45) is 3.32. The number of sulfonamides is 1. The number of rotatable bonds is 6. The third-order valence-corrected chi connectivity index (χ3v) is 6.56. The van der Waals surface area contributed by atoms with E-state index in [9.17, 15) is 8.42 Å². The fourth-order valence-corrected chi connectivity index (χ4v) is 4.27. The van der Waals surface area contributed by atoms with Gasteiger partial charge in [0.05, 0.1) is 4.90 Å². The molecule has 1 heterocycles. The molecule has 1 saturated heterocycles. The van der Waals surface area contributed by atoms with Gasteiger partial charge in [-0.3, -0.25) is 0 Å². The molecule has 2 rings (SSSR count). The first-order chi connectivity index (χ1) is 10.4. The van der Waals surface area contributed by atoms with Crippen LogP contribution in [0.5, 0.6) is 0 Å². The molecule has 0 saturated carbocycles. The van der Waals surface area contributed by atoms with Crippen LogP contribution in [-0.2, 0) is 10.0 Å². The van der Waals surface area contributed by atoms with Crippen LogP contribution < -0.4 is 4.72 Å². The van der Waals surface area contributed by atoms with Crippen molar-refractivity contribution in [3.05, 3.63) is 28.2 Å². The van der Waals surface area contributed by atoms with E-state index in [0.29, 0.717) is 17.4 Å². The summed E-state index contributed by atoms with van der Waals surface area (Å²) in [6.45, 7) is 7.94. The minimum Gasteiger partial charge on any atom is -0.303 e. The summed E-state index contributed by atoms with van der Waals surface area (Å²) in [7, 11) is -3.41. The second-order valence-corrected chi connectivity index (χ2v) is 8.67. The largest absolute Gasteiger partial charge is 0.303 e. The van der Waals surface area contributed by atoms with E-state index in [0.717, 1.165) is 42.5 Å². The first kappa shape index (κ1) is 17.9. The third kappa shape index (κ3) is 4.78. The zero-order valence-electron chi connectivity index (χ0n) is 13.3. The Bertz CT molecular complexity index is 596. The van der Waals surface area contributed by atoms with Crippen LogP contribution in [0.4, 0.5) is 0 Å². The van der Waals surface area contributed by atoms with E-state index in [1.807, 2.05) is 6.92 Å². The predicted molar refractivity (Wildman–Crippen MR) is 93.5 cm³/mol. The van der Waals surface area contributed by atoms with Gasteiger partial charge in [-0.05, 0) is 75.5 Å². The molecule has 1 aromatic carbocycles. The van der Waals surface area contributed by atoms with Gasteiger partial charge in [0.1, 0.15) is 0 Å². The molecule has 124 valence electrons. The molecule has 0 aliphatic carbocycles. The van der Waals surface area contributed by atoms with Crippen LogP contribution in [0, 0.1) is 12.8 Å². The van der Waals surface area contributed by atoms with Crippen molar-refractivity contribution in [1.29, 1.82) is 0 Å². The van der Waals surface area contributed by atoms with Crippen LogP contribution in [0.15, 0.2) is 27.6 Å². The van der Waals surface area contributed by atoms with Crippen molar-refractivity contribution >= 4 is 26.0 Å². The second kappa shape index (κ2) is 7.90. The van der Waals surface area contributed by atoms with Crippen molar-refractivity contribution in [3.63, 3.8) is 0 Å². The molecule has 6 heteroatoms. The number of piperidine rings is 1.